The van der Waals surface area contributed by atoms with E-state index in [1.807, 2.05) is 6.07 Å². The largest absolute Gasteiger partial charge is 0.504 e. The highest BCUT2D eigenvalue weighted by Crippen LogP contribution is 2.41. The number of carbonyl (C=O) groups excluding carboxylic acids is 2. The summed E-state index contributed by atoms with van der Waals surface area (Å²) in [5.74, 6) is -4.09. The van der Waals surface area contributed by atoms with Crippen LogP contribution in [0.1, 0.15) is 45.7 Å². The van der Waals surface area contributed by atoms with Crippen LogP contribution in [0.15, 0.2) is 30.3 Å². The maximum absolute atomic E-state index is 12.9. The van der Waals surface area contributed by atoms with Crippen LogP contribution in [-0.4, -0.2) is 33.0 Å². The number of esters is 1. The van der Waals surface area contributed by atoms with E-state index in [2.05, 4.69) is 0 Å². The topological polar surface area (TPSA) is 151 Å². The van der Waals surface area contributed by atoms with Crippen LogP contribution in [0.4, 0.5) is 5.69 Å². The van der Waals surface area contributed by atoms with Crippen molar-refractivity contribution >= 4 is 17.4 Å². The SMILES string of the molecule is CC(C)OC(=O)c1cc(O)c(O)c([N+](=O)[O-])c1C(=O)c1ccc(C#N)cc1. The Bertz CT molecular complexity index is 973. The number of phenols is 2. The molecule has 0 unspecified atom stereocenters. The Hall–Kier alpha value is -3.93. The molecule has 138 valence electrons. The quantitative estimate of drug-likeness (QED) is 0.268. The maximum atomic E-state index is 12.9. The molecule has 2 aromatic rings. The van der Waals surface area contributed by atoms with Crippen molar-refractivity contribution in [3.05, 3.63) is 62.7 Å². The van der Waals surface area contributed by atoms with Gasteiger partial charge in [0.15, 0.2) is 5.75 Å². The summed E-state index contributed by atoms with van der Waals surface area (Å²) in [5.41, 5.74) is -2.18. The van der Waals surface area contributed by atoms with Gasteiger partial charge in [-0.15, -0.1) is 0 Å². The van der Waals surface area contributed by atoms with Gasteiger partial charge in [0.25, 0.3) is 0 Å². The molecule has 0 saturated heterocycles. The predicted octanol–water partition coefficient (Wildman–Crippen LogP) is 2.67. The van der Waals surface area contributed by atoms with E-state index < -0.39 is 51.1 Å². The first kappa shape index (κ1) is 19.4. The number of carbonyl (C=O) groups is 2. The highest BCUT2D eigenvalue weighted by molar-refractivity contribution is 6.17. The van der Waals surface area contributed by atoms with Crippen molar-refractivity contribution in [1.82, 2.24) is 0 Å². The predicted molar refractivity (Wildman–Crippen MR) is 91.6 cm³/mol. The van der Waals surface area contributed by atoms with Crippen LogP contribution >= 0.6 is 0 Å². The number of nitriles is 1. The zero-order chi connectivity index (χ0) is 20.3. The number of benzene rings is 2. The number of hydrogen-bond donors (Lipinski definition) is 2. The minimum Gasteiger partial charge on any atom is -0.504 e. The fraction of sp³-hybridized carbons (Fsp3) is 0.167. The normalized spacial score (nSPS) is 10.3. The molecule has 0 aliphatic heterocycles. The van der Waals surface area contributed by atoms with Crippen LogP contribution in [0, 0.1) is 21.4 Å². The van der Waals surface area contributed by atoms with Crippen molar-refractivity contribution in [3.63, 3.8) is 0 Å². The molecule has 0 aromatic heterocycles. The Kier molecular flexibility index (Phi) is 5.41. The number of ketones is 1. The second kappa shape index (κ2) is 7.53. The molecule has 0 saturated carbocycles. The summed E-state index contributed by atoms with van der Waals surface area (Å²) in [7, 11) is 0. The van der Waals surface area contributed by atoms with Crippen LogP contribution in [0.25, 0.3) is 0 Å². The molecule has 0 atom stereocenters. The van der Waals surface area contributed by atoms with Crippen molar-refractivity contribution in [3.8, 4) is 17.6 Å². The van der Waals surface area contributed by atoms with Gasteiger partial charge >= 0.3 is 11.7 Å². The van der Waals surface area contributed by atoms with Crippen molar-refractivity contribution in [2.45, 2.75) is 20.0 Å². The maximum Gasteiger partial charge on any atom is 0.339 e. The van der Waals surface area contributed by atoms with Crippen molar-refractivity contribution < 1.29 is 29.5 Å². The fourth-order valence-electron chi connectivity index (χ4n) is 2.33. The molecule has 2 rings (SSSR count). The van der Waals surface area contributed by atoms with E-state index in [0.717, 1.165) is 6.07 Å². The van der Waals surface area contributed by atoms with Gasteiger partial charge in [-0.1, -0.05) is 0 Å². The molecular weight excluding hydrogens is 356 g/mol. The zero-order valence-electron chi connectivity index (χ0n) is 14.3. The summed E-state index contributed by atoms with van der Waals surface area (Å²) in [6, 6.07) is 7.77. The van der Waals surface area contributed by atoms with Crippen LogP contribution in [-0.2, 0) is 4.74 Å². The van der Waals surface area contributed by atoms with E-state index in [1.165, 1.54) is 38.1 Å². The van der Waals surface area contributed by atoms with Crippen molar-refractivity contribution in [2.24, 2.45) is 0 Å². The van der Waals surface area contributed by atoms with E-state index in [1.54, 1.807) is 0 Å². The molecule has 0 amide bonds. The third-order valence-corrected chi connectivity index (χ3v) is 3.50. The summed E-state index contributed by atoms with van der Waals surface area (Å²) in [6.45, 7) is 3.07. The number of hydrogen-bond acceptors (Lipinski definition) is 8. The van der Waals surface area contributed by atoms with Gasteiger partial charge in [-0.3, -0.25) is 14.9 Å². The fourth-order valence-corrected chi connectivity index (χ4v) is 2.33. The molecule has 2 aromatic carbocycles. The summed E-state index contributed by atoms with van der Waals surface area (Å²) in [5, 5.41) is 39.9. The lowest BCUT2D eigenvalue weighted by Gasteiger charge is -2.13. The van der Waals surface area contributed by atoms with Crippen LogP contribution < -0.4 is 0 Å². The average molecular weight is 370 g/mol. The Morgan fingerprint density at radius 2 is 1.81 bits per heavy atom. The molecule has 0 bridgehead atoms. The van der Waals surface area contributed by atoms with Gasteiger partial charge in [-0.2, -0.15) is 5.26 Å². The number of rotatable bonds is 5. The zero-order valence-corrected chi connectivity index (χ0v) is 14.3. The van der Waals surface area contributed by atoms with E-state index >= 15 is 0 Å². The lowest BCUT2D eigenvalue weighted by atomic mass is 9.95. The first-order valence-corrected chi connectivity index (χ1v) is 7.66. The minimum absolute atomic E-state index is 0.0548. The van der Waals surface area contributed by atoms with Gasteiger partial charge in [0.05, 0.1) is 28.2 Å². The van der Waals surface area contributed by atoms with E-state index in [9.17, 15) is 29.9 Å². The first-order valence-electron chi connectivity index (χ1n) is 7.66. The molecule has 0 fully saturated rings. The average Bonchev–Trinajstić information content (AvgIpc) is 2.61. The number of aromatic hydroxyl groups is 2. The molecule has 9 heteroatoms. The molecule has 0 aliphatic carbocycles. The number of nitro benzene ring substituents is 1. The van der Waals surface area contributed by atoms with Gasteiger partial charge in [0.1, 0.15) is 5.56 Å². The third-order valence-electron chi connectivity index (χ3n) is 3.50. The smallest absolute Gasteiger partial charge is 0.339 e. The Labute approximate surface area is 153 Å². The van der Waals surface area contributed by atoms with Gasteiger partial charge in [0.2, 0.25) is 11.5 Å². The standard InChI is InChI=1S/C18H14N2O7/c1-9(2)27-18(24)12-7-13(21)17(23)15(20(25)26)14(12)16(22)11-5-3-10(8-19)4-6-11/h3-7,9,21,23H,1-2H3. The highest BCUT2D eigenvalue weighted by Gasteiger charge is 2.35. The summed E-state index contributed by atoms with van der Waals surface area (Å²) in [4.78, 5) is 35.5. The number of ether oxygens (including phenoxy) is 1. The molecule has 9 nitrogen and oxygen atoms in total. The van der Waals surface area contributed by atoms with E-state index in [0.29, 0.717) is 0 Å². The third kappa shape index (κ3) is 3.85. The first-order chi connectivity index (χ1) is 12.7. The molecule has 27 heavy (non-hydrogen) atoms. The van der Waals surface area contributed by atoms with E-state index in [-0.39, 0.29) is 11.1 Å². The monoisotopic (exact) mass is 370 g/mol. The van der Waals surface area contributed by atoms with Gasteiger partial charge < -0.3 is 14.9 Å². The number of nitro groups is 1. The second-order valence-electron chi connectivity index (χ2n) is 5.74. The van der Waals surface area contributed by atoms with Crippen LogP contribution in [0.2, 0.25) is 0 Å². The van der Waals surface area contributed by atoms with Crippen LogP contribution in [0.5, 0.6) is 11.5 Å². The van der Waals surface area contributed by atoms with E-state index in [4.69, 9.17) is 10.00 Å². The van der Waals surface area contributed by atoms with Gasteiger partial charge in [-0.05, 0) is 44.2 Å². The highest BCUT2D eigenvalue weighted by atomic mass is 16.6. The minimum atomic E-state index is -1.14. The van der Waals surface area contributed by atoms with Crippen molar-refractivity contribution in [1.29, 1.82) is 5.26 Å². The summed E-state index contributed by atoms with van der Waals surface area (Å²) >= 11 is 0. The number of phenolic OH excluding ortho intramolecular Hbond substituents is 2. The second-order valence-corrected chi connectivity index (χ2v) is 5.74. The molecule has 0 aliphatic rings. The Balaban J connectivity index is 2.75. The lowest BCUT2D eigenvalue weighted by molar-refractivity contribution is -0.386. The molecule has 0 spiro atoms. The Morgan fingerprint density at radius 1 is 1.22 bits per heavy atom. The van der Waals surface area contributed by atoms with Crippen LogP contribution in [0.3, 0.4) is 0 Å². The molecule has 0 heterocycles. The lowest BCUT2D eigenvalue weighted by Crippen LogP contribution is -2.18. The molecule has 2 N–H and O–H groups in total. The van der Waals surface area contributed by atoms with Crippen molar-refractivity contribution in [2.75, 3.05) is 0 Å². The number of nitrogens with zero attached hydrogens (tertiary/aromatic N) is 2. The van der Waals surface area contributed by atoms with Gasteiger partial charge in [-0.25, -0.2) is 4.79 Å². The molecular formula is C18H14N2O7. The van der Waals surface area contributed by atoms with Gasteiger partial charge in [0, 0.05) is 5.56 Å². The Morgan fingerprint density at radius 3 is 2.30 bits per heavy atom. The summed E-state index contributed by atoms with van der Waals surface area (Å²) < 4.78 is 4.98. The molecule has 0 radical (unpaired) electrons. The summed E-state index contributed by atoms with van der Waals surface area (Å²) in [6.07, 6.45) is -0.592.